The Labute approximate surface area is 130 Å². The van der Waals surface area contributed by atoms with E-state index in [1.165, 1.54) is 5.56 Å². The fourth-order valence-corrected chi connectivity index (χ4v) is 2.63. The molecule has 0 saturated heterocycles. The summed E-state index contributed by atoms with van der Waals surface area (Å²) in [5, 5.41) is 4.72. The number of anilines is 1. The summed E-state index contributed by atoms with van der Waals surface area (Å²) >= 11 is 12.0. The number of hydrogen-bond acceptors (Lipinski definition) is 2. The van der Waals surface area contributed by atoms with Crippen LogP contribution in [0.1, 0.15) is 11.1 Å². The van der Waals surface area contributed by atoms with Crippen molar-refractivity contribution in [1.29, 1.82) is 0 Å². The lowest BCUT2D eigenvalue weighted by Gasteiger charge is -2.12. The second kappa shape index (κ2) is 6.98. The summed E-state index contributed by atoms with van der Waals surface area (Å²) in [6.07, 6.45) is 0. The minimum absolute atomic E-state index is 0.663. The highest BCUT2D eigenvalue weighted by molar-refractivity contribution is 6.34. The first-order valence-corrected chi connectivity index (χ1v) is 7.21. The summed E-state index contributed by atoms with van der Waals surface area (Å²) < 4.78 is 0. The van der Waals surface area contributed by atoms with E-state index in [4.69, 9.17) is 23.2 Å². The molecule has 2 aromatic carbocycles. The van der Waals surface area contributed by atoms with Crippen molar-refractivity contribution in [3.8, 4) is 0 Å². The molecule has 4 heteroatoms. The van der Waals surface area contributed by atoms with Crippen LogP contribution in [-0.2, 0) is 13.1 Å². The zero-order chi connectivity index (χ0) is 14.5. The molecule has 2 aromatic rings. The molecule has 0 heterocycles. The fraction of sp³-hybridized carbons (Fsp3) is 0.250. The Kier molecular flexibility index (Phi) is 5.30. The minimum atomic E-state index is 0.663. The normalized spacial score (nSPS) is 10.8. The third kappa shape index (κ3) is 4.71. The molecular formula is C16H18Cl2N2. The van der Waals surface area contributed by atoms with Crippen molar-refractivity contribution in [2.24, 2.45) is 0 Å². The summed E-state index contributed by atoms with van der Waals surface area (Å²) in [6.45, 7) is 1.63. The Balaban J connectivity index is 2.03. The predicted octanol–water partition coefficient (Wildman–Crippen LogP) is 4.67. The number of nitrogens with zero attached hydrogens (tertiary/aromatic N) is 1. The van der Waals surface area contributed by atoms with Crippen LogP contribution in [0.15, 0.2) is 42.5 Å². The maximum atomic E-state index is 6.00. The molecule has 0 unspecified atom stereocenters. The SMILES string of the molecule is CN(C)Cc1cccc(NCc2cc(Cl)cc(Cl)c2)c1. The van der Waals surface area contributed by atoms with Crippen molar-refractivity contribution in [3.05, 3.63) is 63.6 Å². The van der Waals surface area contributed by atoms with E-state index < -0.39 is 0 Å². The number of nitrogens with one attached hydrogen (secondary N) is 1. The van der Waals surface area contributed by atoms with Gasteiger partial charge in [0.25, 0.3) is 0 Å². The molecule has 0 radical (unpaired) electrons. The van der Waals surface area contributed by atoms with E-state index in [2.05, 4.69) is 48.6 Å². The third-order valence-electron chi connectivity index (χ3n) is 2.84. The molecule has 0 saturated carbocycles. The van der Waals surface area contributed by atoms with E-state index in [-0.39, 0.29) is 0 Å². The second-order valence-corrected chi connectivity index (χ2v) is 5.94. The Bertz CT molecular complexity index is 562. The average Bonchev–Trinajstić information content (AvgIpc) is 2.35. The van der Waals surface area contributed by atoms with Crippen molar-refractivity contribution in [2.75, 3.05) is 19.4 Å². The summed E-state index contributed by atoms with van der Waals surface area (Å²) in [7, 11) is 4.13. The van der Waals surface area contributed by atoms with Crippen molar-refractivity contribution in [3.63, 3.8) is 0 Å². The van der Waals surface area contributed by atoms with Crippen molar-refractivity contribution >= 4 is 28.9 Å². The molecule has 2 nitrogen and oxygen atoms in total. The molecule has 0 fully saturated rings. The molecule has 20 heavy (non-hydrogen) atoms. The van der Waals surface area contributed by atoms with Gasteiger partial charge in [-0.1, -0.05) is 35.3 Å². The Morgan fingerprint density at radius 2 is 1.65 bits per heavy atom. The highest BCUT2D eigenvalue weighted by Crippen LogP contribution is 2.20. The molecule has 0 bridgehead atoms. The van der Waals surface area contributed by atoms with Gasteiger partial charge in [0.05, 0.1) is 0 Å². The quantitative estimate of drug-likeness (QED) is 0.863. The summed E-state index contributed by atoms with van der Waals surface area (Å²) in [5.41, 5.74) is 3.45. The first-order chi connectivity index (χ1) is 9.52. The molecule has 0 amide bonds. The maximum absolute atomic E-state index is 6.00. The molecule has 1 N–H and O–H groups in total. The van der Waals surface area contributed by atoms with Crippen molar-refractivity contribution < 1.29 is 0 Å². The Morgan fingerprint density at radius 1 is 0.950 bits per heavy atom. The molecule has 106 valence electrons. The van der Waals surface area contributed by atoms with Crippen LogP contribution < -0.4 is 5.32 Å². The standard InChI is InChI=1S/C16H18Cl2N2/c1-20(2)11-12-4-3-5-16(8-12)19-10-13-6-14(17)9-15(18)7-13/h3-9,19H,10-11H2,1-2H3. The molecule has 0 spiro atoms. The minimum Gasteiger partial charge on any atom is -0.381 e. The lowest BCUT2D eigenvalue weighted by atomic mass is 10.1. The average molecular weight is 309 g/mol. The number of benzene rings is 2. The van der Waals surface area contributed by atoms with Gasteiger partial charge < -0.3 is 10.2 Å². The smallest absolute Gasteiger partial charge is 0.0424 e. The van der Waals surface area contributed by atoms with E-state index in [1.54, 1.807) is 6.07 Å². The first kappa shape index (κ1) is 15.2. The Hall–Kier alpha value is -1.22. The predicted molar refractivity (Wildman–Crippen MR) is 87.6 cm³/mol. The van der Waals surface area contributed by atoms with Crippen LogP contribution in [0.3, 0.4) is 0 Å². The van der Waals surface area contributed by atoms with Crippen LogP contribution in [0, 0.1) is 0 Å². The second-order valence-electron chi connectivity index (χ2n) is 5.07. The van der Waals surface area contributed by atoms with Gasteiger partial charge in [-0.05, 0) is 55.6 Å². The van der Waals surface area contributed by atoms with Gasteiger partial charge in [-0.3, -0.25) is 0 Å². The van der Waals surface area contributed by atoms with E-state index in [0.29, 0.717) is 16.6 Å². The summed E-state index contributed by atoms with van der Waals surface area (Å²) in [5.74, 6) is 0. The molecule has 0 aliphatic heterocycles. The largest absolute Gasteiger partial charge is 0.381 e. The highest BCUT2D eigenvalue weighted by atomic mass is 35.5. The molecule has 0 aromatic heterocycles. The van der Waals surface area contributed by atoms with Crippen molar-refractivity contribution in [1.82, 2.24) is 4.90 Å². The topological polar surface area (TPSA) is 15.3 Å². The molecule has 0 atom stereocenters. The van der Waals surface area contributed by atoms with Crippen molar-refractivity contribution in [2.45, 2.75) is 13.1 Å². The molecule has 0 aliphatic rings. The van der Waals surface area contributed by atoms with Crippen LogP contribution in [0.5, 0.6) is 0 Å². The van der Waals surface area contributed by atoms with Gasteiger partial charge in [-0.15, -0.1) is 0 Å². The zero-order valence-corrected chi connectivity index (χ0v) is 13.2. The summed E-state index contributed by atoms with van der Waals surface area (Å²) in [6, 6.07) is 14.0. The van der Waals surface area contributed by atoms with Crippen LogP contribution in [-0.4, -0.2) is 19.0 Å². The van der Waals surface area contributed by atoms with Gasteiger partial charge in [0.2, 0.25) is 0 Å². The van der Waals surface area contributed by atoms with Gasteiger partial charge in [0.1, 0.15) is 0 Å². The zero-order valence-electron chi connectivity index (χ0n) is 11.7. The van der Waals surface area contributed by atoms with Gasteiger partial charge in [0, 0.05) is 28.8 Å². The van der Waals surface area contributed by atoms with E-state index >= 15 is 0 Å². The fourth-order valence-electron chi connectivity index (χ4n) is 2.06. The van der Waals surface area contributed by atoms with Crippen LogP contribution >= 0.6 is 23.2 Å². The van der Waals surface area contributed by atoms with Crippen LogP contribution in [0.4, 0.5) is 5.69 Å². The monoisotopic (exact) mass is 308 g/mol. The molecule has 0 aliphatic carbocycles. The number of halogens is 2. The maximum Gasteiger partial charge on any atom is 0.0424 e. The van der Waals surface area contributed by atoms with E-state index in [0.717, 1.165) is 17.8 Å². The lowest BCUT2D eigenvalue weighted by molar-refractivity contribution is 0.402. The van der Waals surface area contributed by atoms with Crippen LogP contribution in [0.2, 0.25) is 10.0 Å². The van der Waals surface area contributed by atoms with Gasteiger partial charge in [-0.25, -0.2) is 0 Å². The third-order valence-corrected chi connectivity index (χ3v) is 3.28. The van der Waals surface area contributed by atoms with Gasteiger partial charge in [0.15, 0.2) is 0 Å². The highest BCUT2D eigenvalue weighted by Gasteiger charge is 2.00. The lowest BCUT2D eigenvalue weighted by Crippen LogP contribution is -2.10. The van der Waals surface area contributed by atoms with Crippen LogP contribution in [0.25, 0.3) is 0 Å². The number of hydrogen-bond donors (Lipinski definition) is 1. The molecule has 2 rings (SSSR count). The van der Waals surface area contributed by atoms with Gasteiger partial charge >= 0.3 is 0 Å². The first-order valence-electron chi connectivity index (χ1n) is 6.45. The Morgan fingerprint density at radius 3 is 2.30 bits per heavy atom. The van der Waals surface area contributed by atoms with E-state index in [1.807, 2.05) is 12.1 Å². The molecular weight excluding hydrogens is 291 g/mol. The summed E-state index contributed by atoms with van der Waals surface area (Å²) in [4.78, 5) is 2.15. The number of rotatable bonds is 5. The van der Waals surface area contributed by atoms with Gasteiger partial charge in [-0.2, -0.15) is 0 Å². The van der Waals surface area contributed by atoms with E-state index in [9.17, 15) is 0 Å².